The number of carbonyl (C=O) groups is 1. The number of nitrogens with one attached hydrogen (secondary N) is 1. The number of benzene rings is 1. The summed E-state index contributed by atoms with van der Waals surface area (Å²) in [5.41, 5.74) is 1.21. The Morgan fingerprint density at radius 1 is 1.30 bits per heavy atom. The fraction of sp³-hybridized carbons (Fsp3) is 0.636. The fourth-order valence-corrected chi connectivity index (χ4v) is 4.09. The molecule has 1 aromatic rings. The minimum absolute atomic E-state index is 0. The van der Waals surface area contributed by atoms with Gasteiger partial charge in [-0.05, 0) is 36.7 Å². The van der Waals surface area contributed by atoms with Crippen LogP contribution in [-0.2, 0) is 9.53 Å². The lowest BCUT2D eigenvalue weighted by Gasteiger charge is -2.32. The maximum atomic E-state index is 12.0. The van der Waals surface area contributed by atoms with Crippen LogP contribution in [0.3, 0.4) is 0 Å². The van der Waals surface area contributed by atoms with E-state index < -0.39 is 0 Å². The smallest absolute Gasteiger partial charge is 0.310 e. The molecule has 1 aromatic carbocycles. The van der Waals surface area contributed by atoms with Gasteiger partial charge in [-0.3, -0.25) is 14.7 Å². The Labute approximate surface area is 198 Å². The Kier molecular flexibility index (Phi) is 11.5. The molecular formula is C22H37IN4O3. The molecule has 0 aromatic heterocycles. The van der Waals surface area contributed by atoms with E-state index in [0.717, 1.165) is 37.9 Å². The summed E-state index contributed by atoms with van der Waals surface area (Å²) >= 11 is 0. The molecule has 0 aliphatic carbocycles. The average molecular weight is 532 g/mol. The minimum Gasteiger partial charge on any atom is -0.497 e. The second-order valence-electron chi connectivity index (χ2n) is 7.45. The van der Waals surface area contributed by atoms with Crippen LogP contribution in [0.2, 0.25) is 0 Å². The van der Waals surface area contributed by atoms with Gasteiger partial charge in [0.25, 0.3) is 0 Å². The summed E-state index contributed by atoms with van der Waals surface area (Å²) in [6.45, 7) is 10.5. The Morgan fingerprint density at radius 3 is 2.57 bits per heavy atom. The van der Waals surface area contributed by atoms with Crippen molar-refractivity contribution in [1.29, 1.82) is 0 Å². The van der Waals surface area contributed by atoms with Crippen molar-refractivity contribution in [2.24, 2.45) is 16.8 Å². The zero-order valence-corrected chi connectivity index (χ0v) is 21.4. The van der Waals surface area contributed by atoms with Crippen LogP contribution in [0.1, 0.15) is 32.4 Å². The molecule has 0 radical (unpaired) electrons. The lowest BCUT2D eigenvalue weighted by molar-refractivity contribution is -0.145. The van der Waals surface area contributed by atoms with Crippen molar-refractivity contribution in [3.05, 3.63) is 29.8 Å². The number of ether oxygens (including phenoxy) is 2. The number of nitrogens with zero attached hydrogens (tertiary/aromatic N) is 3. The zero-order valence-electron chi connectivity index (χ0n) is 19.1. The van der Waals surface area contributed by atoms with Crippen LogP contribution < -0.4 is 10.1 Å². The van der Waals surface area contributed by atoms with Crippen molar-refractivity contribution in [1.82, 2.24) is 15.1 Å². The first-order valence-electron chi connectivity index (χ1n) is 10.4. The number of guanidine groups is 1. The molecule has 2 rings (SSSR count). The molecule has 170 valence electrons. The largest absolute Gasteiger partial charge is 0.497 e. The van der Waals surface area contributed by atoms with Crippen LogP contribution in [0.15, 0.2) is 29.3 Å². The Morgan fingerprint density at radius 2 is 2.00 bits per heavy atom. The highest BCUT2D eigenvalue weighted by Gasteiger charge is 2.37. The Balaban J connectivity index is 0.00000450. The second-order valence-corrected chi connectivity index (χ2v) is 7.45. The summed E-state index contributed by atoms with van der Waals surface area (Å²) in [4.78, 5) is 21.1. The normalized spacial score (nSPS) is 20.0. The van der Waals surface area contributed by atoms with Gasteiger partial charge in [0.1, 0.15) is 5.75 Å². The van der Waals surface area contributed by atoms with E-state index in [1.165, 1.54) is 12.7 Å². The van der Waals surface area contributed by atoms with Gasteiger partial charge < -0.3 is 19.7 Å². The van der Waals surface area contributed by atoms with Gasteiger partial charge in [-0.1, -0.05) is 32.9 Å². The van der Waals surface area contributed by atoms with Crippen molar-refractivity contribution >= 4 is 35.9 Å². The predicted molar refractivity (Wildman–Crippen MR) is 132 cm³/mol. The Bertz CT molecular complexity index is 697. The van der Waals surface area contributed by atoms with Crippen LogP contribution in [0.5, 0.6) is 5.75 Å². The van der Waals surface area contributed by atoms with Crippen molar-refractivity contribution in [3.8, 4) is 5.75 Å². The molecule has 8 heteroatoms. The van der Waals surface area contributed by atoms with Crippen LogP contribution in [0, 0.1) is 11.8 Å². The van der Waals surface area contributed by atoms with E-state index in [9.17, 15) is 4.79 Å². The number of hydrogen-bond acceptors (Lipinski definition) is 5. The van der Waals surface area contributed by atoms with Gasteiger partial charge in [-0.15, -0.1) is 24.0 Å². The van der Waals surface area contributed by atoms with Crippen molar-refractivity contribution < 1.29 is 14.3 Å². The highest BCUT2D eigenvalue weighted by Crippen LogP contribution is 2.26. The van der Waals surface area contributed by atoms with Gasteiger partial charge in [-0.2, -0.15) is 0 Å². The molecule has 1 aliphatic heterocycles. The van der Waals surface area contributed by atoms with Crippen molar-refractivity contribution in [2.75, 3.05) is 54.0 Å². The van der Waals surface area contributed by atoms with Crippen molar-refractivity contribution in [3.63, 3.8) is 0 Å². The summed E-state index contributed by atoms with van der Waals surface area (Å²) in [5.74, 6) is 1.66. The number of esters is 1. The minimum atomic E-state index is -0.146. The van der Waals surface area contributed by atoms with Crippen LogP contribution in [-0.4, -0.2) is 75.7 Å². The van der Waals surface area contributed by atoms with E-state index in [2.05, 4.69) is 53.0 Å². The molecule has 0 amide bonds. The first-order valence-corrected chi connectivity index (χ1v) is 10.4. The van der Waals surface area contributed by atoms with Gasteiger partial charge in [0.2, 0.25) is 0 Å². The third kappa shape index (κ3) is 6.47. The number of carbonyl (C=O) groups excluding carboxylic acids is 1. The Hall–Kier alpha value is -1.55. The molecule has 1 saturated heterocycles. The van der Waals surface area contributed by atoms with Gasteiger partial charge in [0.05, 0.1) is 26.2 Å². The van der Waals surface area contributed by atoms with E-state index in [-0.39, 0.29) is 47.8 Å². The maximum absolute atomic E-state index is 12.0. The summed E-state index contributed by atoms with van der Waals surface area (Å²) in [5, 5.41) is 3.54. The van der Waals surface area contributed by atoms with Crippen LogP contribution in [0.4, 0.5) is 0 Å². The standard InChI is InChI=1S/C22H36N4O3.HI/c1-7-25(8-2)20(17-10-9-11-18(12-17)28-5)13-24-22(23-4)26-14-16(3)19(15-26)21(27)29-6;/h9-12,16,19-20H,7-8,13-15H2,1-6H3,(H,23,24);1H. The SMILES string of the molecule is CCN(CC)C(CNC(=NC)N1CC(C)C(C(=O)OC)C1)c1cccc(OC)c1.I. The third-order valence-corrected chi connectivity index (χ3v) is 5.81. The van der Waals surface area contributed by atoms with Crippen molar-refractivity contribution in [2.45, 2.75) is 26.8 Å². The topological polar surface area (TPSA) is 66.4 Å². The third-order valence-electron chi connectivity index (χ3n) is 5.81. The lowest BCUT2D eigenvalue weighted by Crippen LogP contribution is -2.45. The van der Waals surface area contributed by atoms with E-state index in [4.69, 9.17) is 9.47 Å². The van der Waals surface area contributed by atoms with E-state index in [0.29, 0.717) is 6.54 Å². The van der Waals surface area contributed by atoms with Gasteiger partial charge in [0.15, 0.2) is 5.96 Å². The summed E-state index contributed by atoms with van der Waals surface area (Å²) in [6, 6.07) is 8.42. The molecule has 1 heterocycles. The molecular weight excluding hydrogens is 495 g/mol. The molecule has 3 unspecified atom stereocenters. The molecule has 1 fully saturated rings. The van der Waals surface area contributed by atoms with Crippen LogP contribution >= 0.6 is 24.0 Å². The highest BCUT2D eigenvalue weighted by atomic mass is 127. The number of aliphatic imine (C=N–C) groups is 1. The molecule has 7 nitrogen and oxygen atoms in total. The molecule has 1 N–H and O–H groups in total. The number of likely N-dealkylation sites (tertiary alicyclic amines) is 1. The van der Waals surface area contributed by atoms with E-state index in [1.54, 1.807) is 14.2 Å². The summed E-state index contributed by atoms with van der Waals surface area (Å²) in [7, 11) is 4.93. The monoisotopic (exact) mass is 532 g/mol. The molecule has 0 spiro atoms. The first kappa shape index (κ1) is 26.5. The van der Waals surface area contributed by atoms with Crippen LogP contribution in [0.25, 0.3) is 0 Å². The average Bonchev–Trinajstić information content (AvgIpc) is 3.14. The quantitative estimate of drug-likeness (QED) is 0.241. The summed E-state index contributed by atoms with van der Waals surface area (Å²) < 4.78 is 10.4. The first-order chi connectivity index (χ1) is 14.0. The molecule has 0 saturated carbocycles. The number of likely N-dealkylation sites (N-methyl/N-ethyl adjacent to an activating group) is 1. The fourth-order valence-electron chi connectivity index (χ4n) is 4.09. The number of methoxy groups -OCH3 is 2. The predicted octanol–water partition coefficient (Wildman–Crippen LogP) is 3.01. The number of rotatable bonds is 8. The molecule has 3 atom stereocenters. The van der Waals surface area contributed by atoms with E-state index >= 15 is 0 Å². The van der Waals surface area contributed by atoms with Gasteiger partial charge >= 0.3 is 5.97 Å². The van der Waals surface area contributed by atoms with E-state index in [1.807, 2.05) is 12.1 Å². The summed E-state index contributed by atoms with van der Waals surface area (Å²) in [6.07, 6.45) is 0. The maximum Gasteiger partial charge on any atom is 0.310 e. The highest BCUT2D eigenvalue weighted by molar-refractivity contribution is 14.0. The zero-order chi connectivity index (χ0) is 21.4. The second kappa shape index (κ2) is 13.0. The molecule has 0 bridgehead atoms. The number of hydrogen-bond donors (Lipinski definition) is 1. The number of halogens is 1. The lowest BCUT2D eigenvalue weighted by atomic mass is 9.99. The molecule has 30 heavy (non-hydrogen) atoms. The molecule has 1 aliphatic rings. The van der Waals surface area contributed by atoms with Gasteiger partial charge in [0, 0.05) is 26.7 Å². The van der Waals surface area contributed by atoms with Gasteiger partial charge in [-0.25, -0.2) is 0 Å².